The number of amides is 1. The predicted molar refractivity (Wildman–Crippen MR) is 84.6 cm³/mol. The summed E-state index contributed by atoms with van der Waals surface area (Å²) in [5, 5.41) is 3.39. The molecule has 1 saturated carbocycles. The third-order valence-electron chi connectivity index (χ3n) is 5.46. The molecular weight excluding hydrogens is 250 g/mol. The Morgan fingerprint density at radius 1 is 1.45 bits per heavy atom. The molecule has 1 rings (SSSR count). The van der Waals surface area contributed by atoms with Gasteiger partial charge in [0.05, 0.1) is 0 Å². The Morgan fingerprint density at radius 2 is 2.10 bits per heavy atom. The normalized spacial score (nSPS) is 27.2. The van der Waals surface area contributed by atoms with Gasteiger partial charge in [-0.2, -0.15) is 0 Å². The predicted octanol–water partition coefficient (Wildman–Crippen LogP) is 2.13. The van der Waals surface area contributed by atoms with Gasteiger partial charge in [0.1, 0.15) is 5.54 Å². The highest BCUT2D eigenvalue weighted by Gasteiger charge is 2.46. The fourth-order valence-electron chi connectivity index (χ4n) is 3.35. The summed E-state index contributed by atoms with van der Waals surface area (Å²) < 4.78 is 0. The zero-order chi connectivity index (χ0) is 15.4. The molecule has 1 aliphatic rings. The van der Waals surface area contributed by atoms with Gasteiger partial charge in [-0.15, -0.1) is 0 Å². The molecule has 0 aliphatic heterocycles. The second-order valence-electron chi connectivity index (χ2n) is 6.83. The van der Waals surface area contributed by atoms with Crippen LogP contribution in [0.3, 0.4) is 0 Å². The lowest BCUT2D eigenvalue weighted by atomic mass is 9.83. The van der Waals surface area contributed by atoms with Crippen molar-refractivity contribution in [3.8, 4) is 0 Å². The molecule has 3 N–H and O–H groups in total. The number of nitrogens with two attached hydrogens (primary N) is 1. The molecule has 0 saturated heterocycles. The molecule has 4 nitrogen and oxygen atoms in total. The largest absolute Gasteiger partial charge is 0.368 e. The maximum absolute atomic E-state index is 12.0. The van der Waals surface area contributed by atoms with Gasteiger partial charge in [0.25, 0.3) is 0 Å². The van der Waals surface area contributed by atoms with E-state index in [0.29, 0.717) is 5.92 Å². The van der Waals surface area contributed by atoms with Gasteiger partial charge in [0.2, 0.25) is 5.91 Å². The van der Waals surface area contributed by atoms with E-state index in [1.54, 1.807) is 0 Å². The minimum atomic E-state index is -0.466. The first kappa shape index (κ1) is 17.4. The average molecular weight is 283 g/mol. The van der Waals surface area contributed by atoms with Gasteiger partial charge in [-0.25, -0.2) is 0 Å². The Bertz CT molecular complexity index is 330. The smallest absolute Gasteiger partial charge is 0.238 e. The summed E-state index contributed by atoms with van der Waals surface area (Å²) in [4.78, 5) is 14.4. The molecule has 0 bridgehead atoms. The highest BCUT2D eigenvalue weighted by Crippen LogP contribution is 2.38. The van der Waals surface area contributed by atoms with Gasteiger partial charge in [0, 0.05) is 5.54 Å². The van der Waals surface area contributed by atoms with E-state index in [-0.39, 0.29) is 11.4 Å². The van der Waals surface area contributed by atoms with Gasteiger partial charge in [-0.3, -0.25) is 4.79 Å². The molecule has 1 amide bonds. The van der Waals surface area contributed by atoms with E-state index in [1.165, 1.54) is 0 Å². The lowest BCUT2D eigenvalue weighted by Crippen LogP contribution is -2.58. The van der Waals surface area contributed by atoms with Crippen LogP contribution in [0.2, 0.25) is 0 Å². The van der Waals surface area contributed by atoms with Gasteiger partial charge >= 0.3 is 0 Å². The van der Waals surface area contributed by atoms with E-state index in [2.05, 4.69) is 38.0 Å². The van der Waals surface area contributed by atoms with Crippen molar-refractivity contribution in [2.24, 2.45) is 11.7 Å². The maximum Gasteiger partial charge on any atom is 0.238 e. The van der Waals surface area contributed by atoms with E-state index >= 15 is 0 Å². The van der Waals surface area contributed by atoms with Crippen molar-refractivity contribution in [3.05, 3.63) is 0 Å². The molecule has 2 unspecified atom stereocenters. The maximum atomic E-state index is 12.0. The van der Waals surface area contributed by atoms with Crippen LogP contribution in [0, 0.1) is 5.92 Å². The van der Waals surface area contributed by atoms with Gasteiger partial charge in [0.15, 0.2) is 0 Å². The Balaban J connectivity index is 2.68. The first-order valence-corrected chi connectivity index (χ1v) is 8.06. The molecule has 0 aromatic carbocycles. The summed E-state index contributed by atoms with van der Waals surface area (Å²) in [5.74, 6) is 0.203. The molecule has 2 atom stereocenters. The van der Waals surface area contributed by atoms with Crippen LogP contribution in [0.25, 0.3) is 0 Å². The number of hydrogen-bond acceptors (Lipinski definition) is 3. The minimum Gasteiger partial charge on any atom is -0.368 e. The van der Waals surface area contributed by atoms with E-state index < -0.39 is 5.54 Å². The molecule has 1 fully saturated rings. The van der Waals surface area contributed by atoms with E-state index in [4.69, 9.17) is 5.73 Å². The number of rotatable bonds is 8. The molecule has 0 heterocycles. The topological polar surface area (TPSA) is 58.4 Å². The molecule has 0 spiro atoms. The Morgan fingerprint density at radius 3 is 2.60 bits per heavy atom. The van der Waals surface area contributed by atoms with Crippen LogP contribution >= 0.6 is 0 Å². The number of primary amides is 1. The van der Waals surface area contributed by atoms with Crippen molar-refractivity contribution in [2.75, 3.05) is 20.1 Å². The number of hydrogen-bond donors (Lipinski definition) is 2. The van der Waals surface area contributed by atoms with Crippen LogP contribution < -0.4 is 11.1 Å². The highest BCUT2D eigenvalue weighted by molar-refractivity contribution is 5.85. The molecular formula is C16H33N3O. The van der Waals surface area contributed by atoms with Gasteiger partial charge < -0.3 is 16.0 Å². The SMILES string of the molecule is CCNC1(C(N)=O)CCCC1CCN(C)C(C)(C)CC. The Hall–Kier alpha value is -0.610. The van der Waals surface area contributed by atoms with Crippen LogP contribution in [0.4, 0.5) is 0 Å². The third kappa shape index (κ3) is 3.53. The molecule has 4 heteroatoms. The molecule has 0 radical (unpaired) electrons. The van der Waals surface area contributed by atoms with Gasteiger partial charge in [-0.1, -0.05) is 20.3 Å². The average Bonchev–Trinajstić information content (AvgIpc) is 2.80. The number of carbonyl (C=O) groups is 1. The number of likely N-dealkylation sites (N-methyl/N-ethyl adjacent to an activating group) is 1. The zero-order valence-corrected chi connectivity index (χ0v) is 14.0. The van der Waals surface area contributed by atoms with Crippen LogP contribution in [0.5, 0.6) is 0 Å². The number of nitrogens with zero attached hydrogens (tertiary/aromatic N) is 1. The van der Waals surface area contributed by atoms with E-state index in [9.17, 15) is 4.79 Å². The lowest BCUT2D eigenvalue weighted by molar-refractivity contribution is -0.126. The van der Waals surface area contributed by atoms with E-state index in [0.717, 1.165) is 45.2 Å². The van der Waals surface area contributed by atoms with Crippen LogP contribution in [-0.2, 0) is 4.79 Å². The molecule has 0 aromatic rings. The zero-order valence-electron chi connectivity index (χ0n) is 14.0. The highest BCUT2D eigenvalue weighted by atomic mass is 16.1. The quantitative estimate of drug-likeness (QED) is 0.717. The third-order valence-corrected chi connectivity index (χ3v) is 5.46. The number of nitrogens with one attached hydrogen (secondary N) is 1. The monoisotopic (exact) mass is 283 g/mol. The van der Waals surface area contributed by atoms with Crippen molar-refractivity contribution in [1.82, 2.24) is 10.2 Å². The summed E-state index contributed by atoms with van der Waals surface area (Å²) in [5.41, 5.74) is 5.46. The van der Waals surface area contributed by atoms with Crippen molar-refractivity contribution < 1.29 is 4.79 Å². The summed E-state index contributed by atoms with van der Waals surface area (Å²) in [7, 11) is 2.18. The summed E-state index contributed by atoms with van der Waals surface area (Å²) in [6.45, 7) is 10.6. The minimum absolute atomic E-state index is 0.167. The van der Waals surface area contributed by atoms with Crippen molar-refractivity contribution in [3.63, 3.8) is 0 Å². The molecule has 20 heavy (non-hydrogen) atoms. The first-order chi connectivity index (χ1) is 9.30. The van der Waals surface area contributed by atoms with Crippen LogP contribution in [0.15, 0.2) is 0 Å². The first-order valence-electron chi connectivity index (χ1n) is 8.06. The van der Waals surface area contributed by atoms with E-state index in [1.807, 2.05) is 6.92 Å². The lowest BCUT2D eigenvalue weighted by Gasteiger charge is -2.38. The molecule has 0 aromatic heterocycles. The van der Waals surface area contributed by atoms with Crippen LogP contribution in [0.1, 0.15) is 59.8 Å². The second-order valence-corrected chi connectivity index (χ2v) is 6.83. The van der Waals surface area contributed by atoms with Gasteiger partial charge in [-0.05, 0) is 65.6 Å². The second kappa shape index (κ2) is 6.90. The van der Waals surface area contributed by atoms with Crippen molar-refractivity contribution in [2.45, 2.75) is 70.9 Å². The van der Waals surface area contributed by atoms with Crippen molar-refractivity contribution >= 4 is 5.91 Å². The summed E-state index contributed by atoms with van der Waals surface area (Å²) >= 11 is 0. The summed E-state index contributed by atoms with van der Waals surface area (Å²) in [6.07, 6.45) is 5.26. The summed E-state index contributed by atoms with van der Waals surface area (Å²) in [6, 6.07) is 0. The molecule has 118 valence electrons. The fraction of sp³-hybridized carbons (Fsp3) is 0.938. The van der Waals surface area contributed by atoms with Crippen LogP contribution in [-0.4, -0.2) is 42.0 Å². The molecule has 1 aliphatic carbocycles. The Kier molecular flexibility index (Phi) is 6.02. The van der Waals surface area contributed by atoms with Crippen molar-refractivity contribution in [1.29, 1.82) is 0 Å². The standard InChI is InChI=1S/C16H33N3O/c1-6-15(3,4)19(5)12-10-13-9-8-11-16(13,14(17)20)18-7-2/h13,18H,6-12H2,1-5H3,(H2,17,20). The fourth-order valence-corrected chi connectivity index (χ4v) is 3.35. The Labute approximate surface area is 124 Å². The number of carbonyl (C=O) groups excluding carboxylic acids is 1.